The molecule has 0 N–H and O–H groups in total. The van der Waals surface area contributed by atoms with Gasteiger partial charge in [0.1, 0.15) is 0 Å². The van der Waals surface area contributed by atoms with Gasteiger partial charge in [-0.25, -0.2) is 4.98 Å². The minimum absolute atomic E-state index is 0.0806. The molecule has 3 aliphatic rings. The van der Waals surface area contributed by atoms with Crippen LogP contribution < -0.4 is 0 Å². The summed E-state index contributed by atoms with van der Waals surface area (Å²) in [7, 11) is 0. The number of ether oxygens (including phenoxy) is 1. The van der Waals surface area contributed by atoms with Crippen molar-refractivity contribution >= 4 is 17.2 Å². The van der Waals surface area contributed by atoms with Crippen LogP contribution in [0.3, 0.4) is 0 Å². The van der Waals surface area contributed by atoms with Crippen molar-refractivity contribution in [3.8, 4) is 0 Å². The summed E-state index contributed by atoms with van der Waals surface area (Å²) in [4.78, 5) is 21.8. The van der Waals surface area contributed by atoms with E-state index in [1.54, 1.807) is 11.3 Å². The topological polar surface area (TPSA) is 45.7 Å². The van der Waals surface area contributed by atoms with Gasteiger partial charge in [0.2, 0.25) is 5.91 Å². The van der Waals surface area contributed by atoms with E-state index in [0.717, 1.165) is 62.8 Å². The molecule has 24 heavy (non-hydrogen) atoms. The number of aromatic nitrogens is 1. The maximum atomic E-state index is 12.5. The first kappa shape index (κ1) is 16.5. The van der Waals surface area contributed by atoms with Crippen LogP contribution in [0.5, 0.6) is 0 Å². The van der Waals surface area contributed by atoms with Crippen molar-refractivity contribution in [3.05, 3.63) is 16.1 Å². The molecule has 0 bridgehead atoms. The van der Waals surface area contributed by atoms with Crippen LogP contribution in [0.2, 0.25) is 0 Å². The van der Waals surface area contributed by atoms with E-state index in [2.05, 4.69) is 20.2 Å². The van der Waals surface area contributed by atoms with Crippen molar-refractivity contribution in [1.29, 1.82) is 0 Å². The molecule has 0 saturated carbocycles. The maximum Gasteiger partial charge on any atom is 0.223 e. The van der Waals surface area contributed by atoms with E-state index < -0.39 is 0 Å². The van der Waals surface area contributed by atoms with Gasteiger partial charge >= 0.3 is 0 Å². The maximum absolute atomic E-state index is 12.5. The van der Waals surface area contributed by atoms with E-state index in [0.29, 0.717) is 24.8 Å². The molecule has 1 atom stereocenters. The van der Waals surface area contributed by atoms with E-state index in [9.17, 15) is 4.79 Å². The molecule has 1 aromatic rings. The zero-order valence-electron chi connectivity index (χ0n) is 14.5. The Bertz CT molecular complexity index is 589. The van der Waals surface area contributed by atoms with Crippen molar-refractivity contribution in [3.63, 3.8) is 0 Å². The van der Waals surface area contributed by atoms with Crippen molar-refractivity contribution < 1.29 is 9.53 Å². The molecule has 0 aromatic carbocycles. The Kier molecular flexibility index (Phi) is 4.62. The van der Waals surface area contributed by atoms with Gasteiger partial charge in [-0.15, -0.1) is 11.3 Å². The molecule has 6 heteroatoms. The predicted octanol–water partition coefficient (Wildman–Crippen LogP) is 2.45. The molecule has 4 heterocycles. The quantitative estimate of drug-likeness (QED) is 0.838. The van der Waals surface area contributed by atoms with Gasteiger partial charge in [-0.3, -0.25) is 4.79 Å². The number of amides is 1. The minimum Gasteiger partial charge on any atom is -0.381 e. The molecule has 3 aliphatic heterocycles. The van der Waals surface area contributed by atoms with Crippen LogP contribution in [0.15, 0.2) is 5.38 Å². The first-order chi connectivity index (χ1) is 11.6. The van der Waals surface area contributed by atoms with E-state index in [4.69, 9.17) is 4.74 Å². The van der Waals surface area contributed by atoms with E-state index in [1.165, 1.54) is 6.42 Å². The lowest BCUT2D eigenvalue weighted by molar-refractivity contribution is -0.133. The van der Waals surface area contributed by atoms with Gasteiger partial charge in [-0.1, -0.05) is 0 Å². The average molecular weight is 350 g/mol. The zero-order chi connectivity index (χ0) is 16.6. The Hall–Kier alpha value is -0.980. The van der Waals surface area contributed by atoms with Crippen LogP contribution in [0.4, 0.5) is 0 Å². The van der Waals surface area contributed by atoms with E-state index in [-0.39, 0.29) is 5.54 Å². The van der Waals surface area contributed by atoms with Crippen LogP contribution >= 0.6 is 11.3 Å². The highest BCUT2D eigenvalue weighted by Gasteiger charge is 2.47. The molecule has 0 radical (unpaired) electrons. The number of carbonyl (C=O) groups excluding carboxylic acids is 1. The Labute approximate surface area is 148 Å². The third-order valence-electron chi connectivity index (χ3n) is 5.99. The Morgan fingerprint density at radius 3 is 2.88 bits per heavy atom. The molecule has 0 aliphatic carbocycles. The summed E-state index contributed by atoms with van der Waals surface area (Å²) in [5.41, 5.74) is 1.13. The highest BCUT2D eigenvalue weighted by molar-refractivity contribution is 7.09. The van der Waals surface area contributed by atoms with Crippen LogP contribution in [-0.4, -0.2) is 59.1 Å². The van der Waals surface area contributed by atoms with Crippen LogP contribution in [0, 0.1) is 12.8 Å². The summed E-state index contributed by atoms with van der Waals surface area (Å²) in [6.45, 7) is 7.95. The molecular weight excluding hydrogens is 322 g/mol. The van der Waals surface area contributed by atoms with E-state index >= 15 is 0 Å². The highest BCUT2D eigenvalue weighted by Crippen LogP contribution is 2.40. The number of piperidine rings is 1. The normalized spacial score (nSPS) is 27.5. The van der Waals surface area contributed by atoms with Crippen molar-refractivity contribution in [2.24, 2.45) is 5.92 Å². The molecule has 3 fully saturated rings. The average Bonchev–Trinajstić information content (AvgIpc) is 3.29. The summed E-state index contributed by atoms with van der Waals surface area (Å²) in [5.74, 6) is 1.02. The van der Waals surface area contributed by atoms with Gasteiger partial charge < -0.3 is 14.5 Å². The van der Waals surface area contributed by atoms with Crippen LogP contribution in [0.25, 0.3) is 0 Å². The number of nitrogens with zero attached hydrogens (tertiary/aromatic N) is 3. The van der Waals surface area contributed by atoms with Crippen LogP contribution in [0.1, 0.15) is 42.8 Å². The molecule has 1 spiro atoms. The number of thiazole rings is 1. The lowest BCUT2D eigenvalue weighted by atomic mass is 9.84. The zero-order valence-corrected chi connectivity index (χ0v) is 15.3. The molecule has 0 unspecified atom stereocenters. The van der Waals surface area contributed by atoms with Gasteiger partial charge in [0.05, 0.1) is 23.9 Å². The molecular formula is C18H27N3O2S. The minimum atomic E-state index is 0.0806. The second-order valence-electron chi connectivity index (χ2n) is 7.59. The largest absolute Gasteiger partial charge is 0.381 e. The predicted molar refractivity (Wildman–Crippen MR) is 94.0 cm³/mol. The van der Waals surface area contributed by atoms with Gasteiger partial charge in [0, 0.05) is 43.6 Å². The molecule has 5 nitrogen and oxygen atoms in total. The summed E-state index contributed by atoms with van der Waals surface area (Å²) in [6.07, 6.45) is 5.15. The monoisotopic (exact) mass is 349 g/mol. The van der Waals surface area contributed by atoms with Gasteiger partial charge in [0.25, 0.3) is 0 Å². The Morgan fingerprint density at radius 2 is 2.21 bits per heavy atom. The number of rotatable bonds is 4. The number of carbonyl (C=O) groups is 1. The highest BCUT2D eigenvalue weighted by atomic mass is 32.1. The molecule has 1 amide bonds. The molecule has 1 aromatic heterocycles. The molecule has 4 rings (SSSR count). The second kappa shape index (κ2) is 6.73. The van der Waals surface area contributed by atoms with Crippen molar-refractivity contribution in [2.45, 2.75) is 51.1 Å². The van der Waals surface area contributed by atoms with Gasteiger partial charge in [-0.2, -0.15) is 0 Å². The number of aryl methyl sites for hydroxylation is 1. The molecule has 132 valence electrons. The van der Waals surface area contributed by atoms with Gasteiger partial charge in [0.15, 0.2) is 0 Å². The fourth-order valence-electron chi connectivity index (χ4n) is 4.54. The summed E-state index contributed by atoms with van der Waals surface area (Å²) < 4.78 is 5.51. The first-order valence-corrected chi connectivity index (χ1v) is 10.0. The second-order valence-corrected chi connectivity index (χ2v) is 8.65. The van der Waals surface area contributed by atoms with Crippen LogP contribution in [-0.2, 0) is 16.1 Å². The van der Waals surface area contributed by atoms with Gasteiger partial charge in [-0.05, 0) is 38.5 Å². The van der Waals surface area contributed by atoms with Crippen molar-refractivity contribution in [1.82, 2.24) is 14.8 Å². The smallest absolute Gasteiger partial charge is 0.223 e. The fourth-order valence-corrected chi connectivity index (χ4v) is 5.14. The third-order valence-corrected chi connectivity index (χ3v) is 6.81. The summed E-state index contributed by atoms with van der Waals surface area (Å²) in [5, 5.41) is 3.18. The fraction of sp³-hybridized carbons (Fsp3) is 0.778. The number of hydrogen-bond acceptors (Lipinski definition) is 5. The van der Waals surface area contributed by atoms with Crippen molar-refractivity contribution in [2.75, 3.05) is 32.8 Å². The van der Waals surface area contributed by atoms with E-state index in [1.807, 2.05) is 6.92 Å². The molecule has 3 saturated heterocycles. The Balaban J connectivity index is 1.39. The first-order valence-electron chi connectivity index (χ1n) is 9.16. The lowest BCUT2D eigenvalue weighted by Crippen LogP contribution is -2.53. The summed E-state index contributed by atoms with van der Waals surface area (Å²) in [6, 6.07) is 0. The number of likely N-dealkylation sites (tertiary alicyclic amines) is 2. The Morgan fingerprint density at radius 1 is 1.38 bits per heavy atom. The SMILES string of the molecule is Cc1nc(CN2C(=O)CCC23CCN(C[C@H]2CCOC2)CC3)cs1. The lowest BCUT2D eigenvalue weighted by Gasteiger charge is -2.45. The summed E-state index contributed by atoms with van der Waals surface area (Å²) >= 11 is 1.67. The third kappa shape index (κ3) is 3.24. The number of hydrogen-bond donors (Lipinski definition) is 0. The standard InChI is InChI=1S/C18H27N3O2S/c1-14-19-16(13-24-14)11-21-17(22)2-4-18(21)5-7-20(8-6-18)10-15-3-9-23-12-15/h13,15H,2-12H2,1H3/t15-/m1/s1.